The van der Waals surface area contributed by atoms with Gasteiger partial charge in [-0.25, -0.2) is 4.79 Å². The van der Waals surface area contributed by atoms with Crippen molar-refractivity contribution >= 4 is 22.6 Å². The molecule has 102 valence electrons. The van der Waals surface area contributed by atoms with E-state index in [9.17, 15) is 4.79 Å². The molecule has 0 saturated heterocycles. The Bertz CT molecular complexity index is 254. The van der Waals surface area contributed by atoms with E-state index in [1.807, 2.05) is 4.57 Å². The number of carbonyl (C=O) groups excluding carboxylic acids is 1. The first kappa shape index (κ1) is 16.7. The molecular formula is C12H29NO2Si2. The predicted octanol–water partition coefficient (Wildman–Crippen LogP) is 4.14. The Hall–Kier alpha value is -0.296. The highest BCUT2D eigenvalue weighted by atomic mass is 28.4. The highest BCUT2D eigenvalue weighted by Crippen LogP contribution is 2.16. The zero-order valence-corrected chi connectivity index (χ0v) is 14.8. The van der Waals surface area contributed by atoms with Crippen molar-refractivity contribution in [3.63, 3.8) is 0 Å². The van der Waals surface area contributed by atoms with Gasteiger partial charge in [0.25, 0.3) is 0 Å². The standard InChI is InChI=1S/C12H29NO2Si2/c1-11(2)9-10-13(16(3,4)5)12(14)15-17(6,7)8/h11H,9-10H2,1-8H3. The average Bonchev–Trinajstić information content (AvgIpc) is 1.96. The molecule has 0 aliphatic carbocycles. The summed E-state index contributed by atoms with van der Waals surface area (Å²) in [5.74, 6) is 0.619. The number of carbonyl (C=O) groups is 1. The van der Waals surface area contributed by atoms with E-state index in [2.05, 4.69) is 53.1 Å². The third-order valence-electron chi connectivity index (χ3n) is 2.35. The molecule has 0 unspecified atom stereocenters. The van der Waals surface area contributed by atoms with Gasteiger partial charge in [-0.15, -0.1) is 0 Å². The van der Waals surface area contributed by atoms with E-state index in [-0.39, 0.29) is 6.09 Å². The molecule has 0 aliphatic heterocycles. The van der Waals surface area contributed by atoms with Crippen LogP contribution >= 0.6 is 0 Å². The Labute approximate surface area is 109 Å². The minimum atomic E-state index is -1.79. The minimum Gasteiger partial charge on any atom is -0.505 e. The van der Waals surface area contributed by atoms with Crippen LogP contribution in [0.25, 0.3) is 0 Å². The Morgan fingerprint density at radius 3 is 1.88 bits per heavy atom. The van der Waals surface area contributed by atoms with E-state index in [1.165, 1.54) is 0 Å². The van der Waals surface area contributed by atoms with Gasteiger partial charge in [-0.05, 0) is 32.0 Å². The van der Waals surface area contributed by atoms with Crippen LogP contribution in [0.15, 0.2) is 0 Å². The smallest absolute Gasteiger partial charge is 0.388 e. The number of amides is 1. The number of hydrogen-bond donors (Lipinski definition) is 0. The molecule has 0 atom stereocenters. The van der Waals surface area contributed by atoms with Crippen molar-refractivity contribution in [2.75, 3.05) is 6.54 Å². The Morgan fingerprint density at radius 1 is 1.12 bits per heavy atom. The highest BCUT2D eigenvalue weighted by molar-refractivity contribution is 6.76. The summed E-state index contributed by atoms with van der Waals surface area (Å²) in [4.78, 5) is 12.2. The molecule has 0 aromatic carbocycles. The van der Waals surface area contributed by atoms with Crippen molar-refractivity contribution in [3.05, 3.63) is 0 Å². The molecule has 0 fully saturated rings. The summed E-state index contributed by atoms with van der Waals surface area (Å²) in [6, 6.07) is 0. The lowest BCUT2D eigenvalue weighted by Crippen LogP contribution is -2.52. The minimum absolute atomic E-state index is 0.0935. The molecule has 0 heterocycles. The second-order valence-corrected chi connectivity index (χ2v) is 16.3. The van der Waals surface area contributed by atoms with Gasteiger partial charge in [-0.1, -0.05) is 33.5 Å². The van der Waals surface area contributed by atoms with Crippen molar-refractivity contribution in [2.24, 2.45) is 5.92 Å². The van der Waals surface area contributed by atoms with Crippen LogP contribution in [-0.4, -0.2) is 33.8 Å². The Kier molecular flexibility index (Phi) is 5.94. The largest absolute Gasteiger partial charge is 0.505 e. The molecule has 0 saturated carbocycles. The van der Waals surface area contributed by atoms with E-state index in [1.54, 1.807) is 0 Å². The van der Waals surface area contributed by atoms with Gasteiger partial charge in [-0.3, -0.25) is 0 Å². The van der Waals surface area contributed by atoms with Crippen molar-refractivity contribution in [3.8, 4) is 0 Å². The first-order valence-electron chi connectivity index (χ1n) is 6.44. The number of hydrogen-bond acceptors (Lipinski definition) is 2. The van der Waals surface area contributed by atoms with Crippen molar-refractivity contribution in [1.82, 2.24) is 4.57 Å². The predicted molar refractivity (Wildman–Crippen MR) is 79.3 cm³/mol. The van der Waals surface area contributed by atoms with Crippen LogP contribution in [0.3, 0.4) is 0 Å². The molecule has 5 heteroatoms. The molecule has 0 aromatic heterocycles. The molecule has 0 bridgehead atoms. The van der Waals surface area contributed by atoms with Gasteiger partial charge < -0.3 is 8.99 Å². The summed E-state index contributed by atoms with van der Waals surface area (Å²) in [6.07, 6.45) is 0.953. The van der Waals surface area contributed by atoms with Crippen molar-refractivity contribution in [2.45, 2.75) is 59.6 Å². The lowest BCUT2D eigenvalue weighted by Gasteiger charge is -2.36. The SMILES string of the molecule is CC(C)CCN(C(=O)O[Si](C)(C)C)[Si](C)(C)C. The second-order valence-electron chi connectivity index (χ2n) is 6.99. The third kappa shape index (κ3) is 7.60. The molecule has 0 aliphatic rings. The maximum atomic E-state index is 12.2. The van der Waals surface area contributed by atoms with Crippen LogP contribution in [0.4, 0.5) is 4.79 Å². The molecular weight excluding hydrogens is 246 g/mol. The summed E-state index contributed by atoms with van der Waals surface area (Å²) in [5.41, 5.74) is 0. The fourth-order valence-electron chi connectivity index (χ4n) is 1.40. The summed E-state index contributed by atoms with van der Waals surface area (Å²) < 4.78 is 7.61. The van der Waals surface area contributed by atoms with Crippen LogP contribution in [0.5, 0.6) is 0 Å². The summed E-state index contributed by atoms with van der Waals surface area (Å²) in [5, 5.41) is 0. The molecule has 0 radical (unpaired) electrons. The van der Waals surface area contributed by atoms with Gasteiger partial charge in [0.15, 0.2) is 8.24 Å². The van der Waals surface area contributed by atoms with Crippen LogP contribution in [0.2, 0.25) is 39.3 Å². The fraction of sp³-hybridized carbons (Fsp3) is 0.917. The van der Waals surface area contributed by atoms with E-state index >= 15 is 0 Å². The quantitative estimate of drug-likeness (QED) is 0.706. The van der Waals surface area contributed by atoms with Crippen LogP contribution in [0.1, 0.15) is 20.3 Å². The summed E-state index contributed by atoms with van der Waals surface area (Å²) in [7, 11) is -3.42. The summed E-state index contributed by atoms with van der Waals surface area (Å²) >= 11 is 0. The number of nitrogens with zero attached hydrogens (tertiary/aromatic N) is 1. The first-order valence-corrected chi connectivity index (χ1v) is 13.3. The van der Waals surface area contributed by atoms with E-state index < -0.39 is 16.6 Å². The molecule has 1 amide bonds. The molecule has 0 aromatic rings. The zero-order valence-electron chi connectivity index (χ0n) is 12.8. The monoisotopic (exact) mass is 275 g/mol. The van der Waals surface area contributed by atoms with Gasteiger partial charge in [-0.2, -0.15) is 0 Å². The van der Waals surface area contributed by atoms with Gasteiger partial charge in [0.1, 0.15) is 0 Å². The normalized spacial score (nSPS) is 12.8. The second kappa shape index (κ2) is 6.04. The van der Waals surface area contributed by atoms with Crippen LogP contribution in [-0.2, 0) is 4.43 Å². The Balaban J connectivity index is 4.64. The Morgan fingerprint density at radius 2 is 1.59 bits per heavy atom. The average molecular weight is 276 g/mol. The maximum Gasteiger partial charge on any atom is 0.388 e. The van der Waals surface area contributed by atoms with Crippen molar-refractivity contribution in [1.29, 1.82) is 0 Å². The van der Waals surface area contributed by atoms with E-state index in [0.717, 1.165) is 13.0 Å². The first-order chi connectivity index (χ1) is 7.43. The topological polar surface area (TPSA) is 29.5 Å². The number of rotatable bonds is 5. The molecule has 0 rings (SSSR count). The van der Waals surface area contributed by atoms with E-state index in [4.69, 9.17) is 4.43 Å². The van der Waals surface area contributed by atoms with Crippen molar-refractivity contribution < 1.29 is 9.22 Å². The van der Waals surface area contributed by atoms with E-state index in [0.29, 0.717) is 5.92 Å². The lowest BCUT2D eigenvalue weighted by atomic mass is 10.1. The third-order valence-corrected chi connectivity index (χ3v) is 5.17. The maximum absolute atomic E-state index is 12.2. The molecule has 17 heavy (non-hydrogen) atoms. The molecule has 0 N–H and O–H groups in total. The lowest BCUT2D eigenvalue weighted by molar-refractivity contribution is 0.173. The summed E-state index contributed by atoms with van der Waals surface area (Å²) in [6.45, 7) is 17.9. The molecule has 0 spiro atoms. The van der Waals surface area contributed by atoms with Gasteiger partial charge in [0, 0.05) is 6.54 Å². The highest BCUT2D eigenvalue weighted by Gasteiger charge is 2.32. The van der Waals surface area contributed by atoms with Crippen LogP contribution in [0, 0.1) is 5.92 Å². The zero-order chi connectivity index (χ0) is 13.9. The van der Waals surface area contributed by atoms with Gasteiger partial charge in [0.05, 0.1) is 0 Å². The van der Waals surface area contributed by atoms with Gasteiger partial charge in [0.2, 0.25) is 8.32 Å². The molecule has 3 nitrogen and oxygen atoms in total. The van der Waals surface area contributed by atoms with Crippen LogP contribution < -0.4 is 0 Å². The van der Waals surface area contributed by atoms with Gasteiger partial charge >= 0.3 is 6.09 Å². The fourth-order valence-corrected chi connectivity index (χ4v) is 3.52.